The lowest BCUT2D eigenvalue weighted by Crippen LogP contribution is -2.54. The highest BCUT2D eigenvalue weighted by Gasteiger charge is 2.55. The summed E-state index contributed by atoms with van der Waals surface area (Å²) in [6.45, 7) is 9.59. The first-order valence-corrected chi connectivity index (χ1v) is 6.73. The van der Waals surface area contributed by atoms with Crippen molar-refractivity contribution in [3.05, 3.63) is 11.6 Å². The fourth-order valence-corrected chi connectivity index (χ4v) is 3.99. The molecule has 0 aromatic rings. The van der Waals surface area contributed by atoms with Gasteiger partial charge in [-0.3, -0.25) is 0 Å². The van der Waals surface area contributed by atoms with Crippen molar-refractivity contribution < 1.29 is 5.11 Å². The minimum atomic E-state index is 0.222. The highest BCUT2D eigenvalue weighted by Crippen LogP contribution is 2.63. The molecule has 1 heteroatoms. The van der Waals surface area contributed by atoms with E-state index in [1.807, 2.05) is 6.92 Å². The molecule has 0 aliphatic heterocycles. The molecule has 0 amide bonds. The maximum Gasteiger partial charge on any atom is 0.0639 e. The van der Waals surface area contributed by atoms with Gasteiger partial charge in [-0.2, -0.15) is 0 Å². The molecule has 3 rings (SSSR count). The van der Waals surface area contributed by atoms with Gasteiger partial charge < -0.3 is 5.11 Å². The van der Waals surface area contributed by atoms with Crippen molar-refractivity contribution in [3.8, 4) is 0 Å². The third kappa shape index (κ3) is 1.84. The zero-order valence-electron chi connectivity index (χ0n) is 11.2. The van der Waals surface area contributed by atoms with Crippen LogP contribution in [-0.2, 0) is 0 Å². The SMILES string of the molecule is CC(=CC[C@@H]1C[C@@H]2C[C@H]([C@H]1C)C2(C)C)CO. The number of aliphatic hydroxyl groups excluding tert-OH is 1. The van der Waals surface area contributed by atoms with E-state index >= 15 is 0 Å². The van der Waals surface area contributed by atoms with Gasteiger partial charge in [-0.1, -0.05) is 32.4 Å². The van der Waals surface area contributed by atoms with Crippen molar-refractivity contribution in [1.82, 2.24) is 0 Å². The summed E-state index contributed by atoms with van der Waals surface area (Å²) in [6.07, 6.45) is 6.29. The molecule has 1 nitrogen and oxygen atoms in total. The summed E-state index contributed by atoms with van der Waals surface area (Å²) < 4.78 is 0. The van der Waals surface area contributed by atoms with Gasteiger partial charge in [0.15, 0.2) is 0 Å². The summed E-state index contributed by atoms with van der Waals surface area (Å²) in [5.74, 6) is 3.63. The summed E-state index contributed by atoms with van der Waals surface area (Å²) in [5.41, 5.74) is 1.73. The molecule has 16 heavy (non-hydrogen) atoms. The van der Waals surface area contributed by atoms with E-state index in [9.17, 15) is 0 Å². The molecule has 0 heterocycles. The molecule has 3 aliphatic carbocycles. The second-order valence-electron chi connectivity index (χ2n) is 6.66. The standard InChI is InChI=1S/C15H26O/c1-10(9-16)5-6-12-7-13-8-14(11(12)2)15(13,3)4/h5,11-14,16H,6-9H2,1-4H3/t11-,12+,13+,14+/m0/s1. The summed E-state index contributed by atoms with van der Waals surface area (Å²) in [6, 6.07) is 0. The lowest BCUT2D eigenvalue weighted by Gasteiger charge is -2.62. The first kappa shape index (κ1) is 12.2. The van der Waals surface area contributed by atoms with Gasteiger partial charge in [-0.15, -0.1) is 0 Å². The Kier molecular flexibility index (Phi) is 3.18. The molecule has 3 fully saturated rings. The Morgan fingerprint density at radius 3 is 2.56 bits per heavy atom. The predicted octanol–water partition coefficient (Wildman–Crippen LogP) is 3.63. The van der Waals surface area contributed by atoms with Crippen LogP contribution < -0.4 is 0 Å². The summed E-state index contributed by atoms with van der Waals surface area (Å²) in [4.78, 5) is 0. The van der Waals surface area contributed by atoms with Crippen molar-refractivity contribution in [1.29, 1.82) is 0 Å². The first-order chi connectivity index (χ1) is 7.46. The van der Waals surface area contributed by atoms with Crippen LogP contribution in [0.2, 0.25) is 0 Å². The topological polar surface area (TPSA) is 20.2 Å². The van der Waals surface area contributed by atoms with Crippen LogP contribution in [0.25, 0.3) is 0 Å². The van der Waals surface area contributed by atoms with Gasteiger partial charge >= 0.3 is 0 Å². The van der Waals surface area contributed by atoms with E-state index < -0.39 is 0 Å². The van der Waals surface area contributed by atoms with Gasteiger partial charge in [0.2, 0.25) is 0 Å². The number of hydrogen-bond donors (Lipinski definition) is 1. The second kappa shape index (κ2) is 4.18. The van der Waals surface area contributed by atoms with E-state index in [-0.39, 0.29) is 6.61 Å². The summed E-state index contributed by atoms with van der Waals surface area (Å²) in [5, 5.41) is 9.01. The van der Waals surface area contributed by atoms with Crippen LogP contribution >= 0.6 is 0 Å². The molecule has 3 saturated carbocycles. The Morgan fingerprint density at radius 2 is 2.06 bits per heavy atom. The second-order valence-corrected chi connectivity index (χ2v) is 6.66. The Hall–Kier alpha value is -0.300. The molecule has 4 atom stereocenters. The lowest BCUT2D eigenvalue weighted by atomic mass is 9.43. The van der Waals surface area contributed by atoms with Crippen molar-refractivity contribution >= 4 is 0 Å². The maximum atomic E-state index is 9.01. The van der Waals surface area contributed by atoms with Crippen molar-refractivity contribution in [2.45, 2.75) is 47.0 Å². The van der Waals surface area contributed by atoms with Crippen molar-refractivity contribution in [2.75, 3.05) is 6.61 Å². The number of fused-ring (bicyclic) bond motifs is 2. The van der Waals surface area contributed by atoms with Gasteiger partial charge in [-0.25, -0.2) is 0 Å². The Bertz CT molecular complexity index is 290. The zero-order valence-corrected chi connectivity index (χ0v) is 11.2. The average Bonchev–Trinajstić information content (AvgIpc) is 2.26. The molecular weight excluding hydrogens is 196 g/mol. The molecule has 0 saturated heterocycles. The minimum Gasteiger partial charge on any atom is -0.392 e. The Labute approximate surface area is 99.9 Å². The van der Waals surface area contributed by atoms with Gasteiger partial charge in [0, 0.05) is 0 Å². The predicted molar refractivity (Wildman–Crippen MR) is 68.1 cm³/mol. The van der Waals surface area contributed by atoms with Crippen LogP contribution in [0.4, 0.5) is 0 Å². The third-order valence-electron chi connectivity index (χ3n) is 5.53. The average molecular weight is 222 g/mol. The third-order valence-corrected chi connectivity index (χ3v) is 5.53. The first-order valence-electron chi connectivity index (χ1n) is 6.73. The van der Waals surface area contributed by atoms with Crippen molar-refractivity contribution in [2.24, 2.45) is 29.1 Å². The van der Waals surface area contributed by atoms with Crippen LogP contribution in [0.1, 0.15) is 47.0 Å². The molecule has 1 N–H and O–H groups in total. The fraction of sp³-hybridized carbons (Fsp3) is 0.867. The summed E-state index contributed by atoms with van der Waals surface area (Å²) in [7, 11) is 0. The van der Waals surface area contributed by atoms with Crippen LogP contribution in [0.15, 0.2) is 11.6 Å². The molecule has 0 unspecified atom stereocenters. The molecule has 0 radical (unpaired) electrons. The Balaban J connectivity index is 1.96. The van der Waals surface area contributed by atoms with Crippen molar-refractivity contribution in [3.63, 3.8) is 0 Å². The zero-order chi connectivity index (χ0) is 11.9. The summed E-state index contributed by atoms with van der Waals surface area (Å²) >= 11 is 0. The largest absolute Gasteiger partial charge is 0.392 e. The van der Waals surface area contributed by atoms with E-state index in [0.717, 1.165) is 29.2 Å². The maximum absolute atomic E-state index is 9.01. The van der Waals surface area contributed by atoms with Crippen LogP contribution in [0.3, 0.4) is 0 Å². The van der Waals surface area contributed by atoms with Gasteiger partial charge in [0.1, 0.15) is 0 Å². The monoisotopic (exact) mass is 222 g/mol. The molecule has 0 aromatic heterocycles. The highest BCUT2D eigenvalue weighted by molar-refractivity contribution is 5.07. The number of aliphatic hydroxyl groups is 1. The van der Waals surface area contributed by atoms with E-state index in [0.29, 0.717) is 5.41 Å². The molecule has 0 aromatic carbocycles. The van der Waals surface area contributed by atoms with Gasteiger partial charge in [0.05, 0.1) is 6.61 Å². The van der Waals surface area contributed by atoms with Crippen LogP contribution in [0, 0.1) is 29.1 Å². The molecule has 3 aliphatic rings. The van der Waals surface area contributed by atoms with Crippen LogP contribution in [0.5, 0.6) is 0 Å². The van der Waals surface area contributed by atoms with E-state index in [1.54, 1.807) is 0 Å². The normalized spacial score (nSPS) is 41.7. The minimum absolute atomic E-state index is 0.222. The fourth-order valence-electron chi connectivity index (χ4n) is 3.99. The molecule has 2 bridgehead atoms. The highest BCUT2D eigenvalue weighted by atomic mass is 16.3. The van der Waals surface area contributed by atoms with E-state index in [2.05, 4.69) is 26.8 Å². The molecular formula is C15H26O. The lowest BCUT2D eigenvalue weighted by molar-refractivity contribution is -0.127. The van der Waals surface area contributed by atoms with E-state index in [4.69, 9.17) is 5.11 Å². The number of hydrogen-bond acceptors (Lipinski definition) is 1. The number of rotatable bonds is 3. The van der Waals surface area contributed by atoms with Crippen LogP contribution in [-0.4, -0.2) is 11.7 Å². The molecule has 0 spiro atoms. The Morgan fingerprint density at radius 1 is 1.38 bits per heavy atom. The smallest absolute Gasteiger partial charge is 0.0639 e. The van der Waals surface area contributed by atoms with Gasteiger partial charge in [0.25, 0.3) is 0 Å². The van der Waals surface area contributed by atoms with Gasteiger partial charge in [-0.05, 0) is 55.3 Å². The quantitative estimate of drug-likeness (QED) is 0.723. The number of allylic oxidation sites excluding steroid dienone is 1. The molecule has 92 valence electrons. The van der Waals surface area contributed by atoms with E-state index in [1.165, 1.54) is 19.3 Å².